The van der Waals surface area contributed by atoms with Crippen molar-refractivity contribution in [3.05, 3.63) is 20.8 Å². The van der Waals surface area contributed by atoms with Crippen LogP contribution in [0.25, 0.3) is 0 Å². The second-order valence-corrected chi connectivity index (χ2v) is 6.97. The van der Waals surface area contributed by atoms with Crippen LogP contribution in [0.5, 0.6) is 0 Å². The molecule has 1 aromatic rings. The van der Waals surface area contributed by atoms with Crippen LogP contribution in [0.3, 0.4) is 0 Å². The minimum atomic E-state index is 0.365. The Bertz CT molecular complexity index is 343. The normalized spacial score (nSPS) is 28.8. The fourth-order valence-corrected chi connectivity index (χ4v) is 4.67. The van der Waals surface area contributed by atoms with Gasteiger partial charge in [0.15, 0.2) is 0 Å². The first kappa shape index (κ1) is 11.6. The molecule has 1 saturated carbocycles. The highest BCUT2D eigenvalue weighted by Crippen LogP contribution is 2.57. The van der Waals surface area contributed by atoms with Crippen LogP contribution in [0.15, 0.2) is 15.9 Å². The molecule has 1 aromatic heterocycles. The third kappa shape index (κ3) is 1.69. The van der Waals surface area contributed by atoms with E-state index < -0.39 is 0 Å². The summed E-state index contributed by atoms with van der Waals surface area (Å²) in [7, 11) is 0. The maximum atomic E-state index is 6.21. The summed E-state index contributed by atoms with van der Waals surface area (Å²) in [4.78, 5) is 1.51. The first-order valence-corrected chi connectivity index (χ1v) is 7.25. The van der Waals surface area contributed by atoms with Crippen molar-refractivity contribution in [2.45, 2.75) is 45.1 Å². The molecule has 0 aliphatic heterocycles. The van der Waals surface area contributed by atoms with E-state index in [1.807, 2.05) is 11.3 Å². The molecule has 1 heterocycles. The fraction of sp³-hybridized carbons (Fsp3) is 0.667. The molecule has 0 spiro atoms. The minimum Gasteiger partial charge on any atom is -0.327 e. The number of halogens is 1. The molecular formula is C12H18BrNS. The Labute approximate surface area is 104 Å². The van der Waals surface area contributed by atoms with E-state index in [4.69, 9.17) is 5.73 Å². The molecule has 2 unspecified atom stereocenters. The van der Waals surface area contributed by atoms with Crippen molar-refractivity contribution < 1.29 is 0 Å². The largest absolute Gasteiger partial charge is 0.327 e. The Morgan fingerprint density at radius 1 is 1.47 bits per heavy atom. The summed E-state index contributed by atoms with van der Waals surface area (Å²) >= 11 is 5.41. The molecule has 2 atom stereocenters. The lowest BCUT2D eigenvalue weighted by atomic mass is 9.53. The average molecular weight is 288 g/mol. The number of nitrogens with two attached hydrogens (primary N) is 1. The Morgan fingerprint density at radius 2 is 2.13 bits per heavy atom. The van der Waals surface area contributed by atoms with Gasteiger partial charge in [0.1, 0.15) is 0 Å². The zero-order valence-electron chi connectivity index (χ0n) is 9.29. The smallest absolute Gasteiger partial charge is 0.0701 e. The summed E-state index contributed by atoms with van der Waals surface area (Å²) < 4.78 is 1.24. The standard InChI is InChI=1S/C12H18BrNS/c1-3-12(4-2)8(7-10(12)14)9-5-6-11(13)15-9/h5-6,8,10H,3-4,7,14H2,1-2H3. The Kier molecular flexibility index (Phi) is 3.25. The number of hydrogen-bond donors (Lipinski definition) is 1. The van der Waals surface area contributed by atoms with E-state index in [0.29, 0.717) is 17.4 Å². The van der Waals surface area contributed by atoms with Gasteiger partial charge in [-0.05, 0) is 52.7 Å². The van der Waals surface area contributed by atoms with E-state index in [-0.39, 0.29) is 0 Å². The lowest BCUT2D eigenvalue weighted by Crippen LogP contribution is -2.55. The molecule has 0 bridgehead atoms. The van der Waals surface area contributed by atoms with Crippen LogP contribution < -0.4 is 5.73 Å². The molecule has 0 radical (unpaired) electrons. The van der Waals surface area contributed by atoms with E-state index in [1.165, 1.54) is 21.5 Å². The molecule has 0 amide bonds. The molecule has 1 aliphatic carbocycles. The van der Waals surface area contributed by atoms with Crippen LogP contribution >= 0.6 is 27.3 Å². The van der Waals surface area contributed by atoms with E-state index in [9.17, 15) is 0 Å². The van der Waals surface area contributed by atoms with E-state index in [2.05, 4.69) is 41.9 Å². The van der Waals surface area contributed by atoms with Gasteiger partial charge in [-0.3, -0.25) is 0 Å². The van der Waals surface area contributed by atoms with Crippen molar-refractivity contribution >= 4 is 27.3 Å². The molecule has 2 rings (SSSR count). The van der Waals surface area contributed by atoms with Gasteiger partial charge < -0.3 is 5.73 Å². The number of hydrogen-bond acceptors (Lipinski definition) is 2. The summed E-state index contributed by atoms with van der Waals surface area (Å²) in [5, 5.41) is 0. The van der Waals surface area contributed by atoms with Crippen molar-refractivity contribution in [1.29, 1.82) is 0 Å². The Hall–Kier alpha value is 0.140. The molecule has 1 nitrogen and oxygen atoms in total. The molecule has 2 N–H and O–H groups in total. The van der Waals surface area contributed by atoms with Gasteiger partial charge in [0.25, 0.3) is 0 Å². The van der Waals surface area contributed by atoms with Gasteiger partial charge in [0.2, 0.25) is 0 Å². The van der Waals surface area contributed by atoms with Gasteiger partial charge in [-0.25, -0.2) is 0 Å². The summed E-state index contributed by atoms with van der Waals surface area (Å²) in [6.07, 6.45) is 3.56. The van der Waals surface area contributed by atoms with Gasteiger partial charge in [-0.1, -0.05) is 13.8 Å². The summed E-state index contributed by atoms with van der Waals surface area (Å²) in [5.74, 6) is 0.693. The lowest BCUT2D eigenvalue weighted by molar-refractivity contribution is 0.0458. The highest BCUT2D eigenvalue weighted by Gasteiger charge is 2.51. The highest BCUT2D eigenvalue weighted by molar-refractivity contribution is 9.11. The number of thiophene rings is 1. The molecule has 1 aliphatic rings. The Morgan fingerprint density at radius 3 is 2.53 bits per heavy atom. The van der Waals surface area contributed by atoms with Crippen molar-refractivity contribution in [2.24, 2.45) is 11.1 Å². The van der Waals surface area contributed by atoms with Crippen molar-refractivity contribution in [1.82, 2.24) is 0 Å². The molecule has 84 valence electrons. The minimum absolute atomic E-state index is 0.365. The summed E-state index contributed by atoms with van der Waals surface area (Å²) in [6, 6.07) is 4.81. The van der Waals surface area contributed by atoms with Gasteiger partial charge in [-0.15, -0.1) is 11.3 Å². The maximum Gasteiger partial charge on any atom is 0.0701 e. The third-order valence-electron chi connectivity index (χ3n) is 4.18. The summed E-state index contributed by atoms with van der Waals surface area (Å²) in [5.41, 5.74) is 6.57. The molecule has 0 saturated heterocycles. The van der Waals surface area contributed by atoms with Crippen molar-refractivity contribution in [3.63, 3.8) is 0 Å². The van der Waals surface area contributed by atoms with Crippen LogP contribution in [0, 0.1) is 5.41 Å². The molecule has 15 heavy (non-hydrogen) atoms. The maximum absolute atomic E-state index is 6.21. The third-order valence-corrected chi connectivity index (χ3v) is 5.91. The first-order chi connectivity index (χ1) is 7.14. The summed E-state index contributed by atoms with van der Waals surface area (Å²) in [6.45, 7) is 4.55. The van der Waals surface area contributed by atoms with E-state index in [0.717, 1.165) is 6.42 Å². The molecule has 1 fully saturated rings. The lowest BCUT2D eigenvalue weighted by Gasteiger charge is -2.54. The predicted molar refractivity (Wildman–Crippen MR) is 70.4 cm³/mol. The first-order valence-electron chi connectivity index (χ1n) is 5.65. The van der Waals surface area contributed by atoms with Crippen molar-refractivity contribution in [2.75, 3.05) is 0 Å². The molecule has 3 heteroatoms. The zero-order valence-corrected chi connectivity index (χ0v) is 11.7. The van der Waals surface area contributed by atoms with Crippen LogP contribution in [0.1, 0.15) is 43.9 Å². The van der Waals surface area contributed by atoms with E-state index in [1.54, 1.807) is 0 Å². The highest BCUT2D eigenvalue weighted by atomic mass is 79.9. The number of rotatable bonds is 3. The monoisotopic (exact) mass is 287 g/mol. The van der Waals surface area contributed by atoms with E-state index >= 15 is 0 Å². The zero-order chi connectivity index (χ0) is 11.1. The Balaban J connectivity index is 2.25. The average Bonchev–Trinajstić information content (AvgIpc) is 2.63. The molecule has 0 aromatic carbocycles. The van der Waals surface area contributed by atoms with Gasteiger partial charge in [-0.2, -0.15) is 0 Å². The molecular weight excluding hydrogens is 270 g/mol. The quantitative estimate of drug-likeness (QED) is 0.889. The van der Waals surface area contributed by atoms with Crippen molar-refractivity contribution in [3.8, 4) is 0 Å². The van der Waals surface area contributed by atoms with Gasteiger partial charge in [0, 0.05) is 16.8 Å². The van der Waals surface area contributed by atoms with Gasteiger partial charge >= 0.3 is 0 Å². The second-order valence-electron chi connectivity index (χ2n) is 4.48. The SMILES string of the molecule is CCC1(CC)C(N)CC1c1ccc(Br)s1. The van der Waals surface area contributed by atoms with Crippen LogP contribution in [0.4, 0.5) is 0 Å². The van der Waals surface area contributed by atoms with Crippen LogP contribution in [-0.4, -0.2) is 6.04 Å². The predicted octanol–water partition coefficient (Wildman–Crippen LogP) is 4.13. The van der Waals surface area contributed by atoms with Crippen LogP contribution in [-0.2, 0) is 0 Å². The van der Waals surface area contributed by atoms with Crippen LogP contribution in [0.2, 0.25) is 0 Å². The van der Waals surface area contributed by atoms with Gasteiger partial charge in [0.05, 0.1) is 3.79 Å². The topological polar surface area (TPSA) is 26.0 Å². The second kappa shape index (κ2) is 4.19. The fourth-order valence-electron chi connectivity index (χ4n) is 3.00.